The Morgan fingerprint density at radius 2 is 1.82 bits per heavy atom. The molecule has 0 aliphatic carbocycles. The van der Waals surface area contributed by atoms with Crippen LogP contribution in [0.4, 0.5) is 0 Å². The summed E-state index contributed by atoms with van der Waals surface area (Å²) in [5, 5.41) is 10.7. The Morgan fingerprint density at radius 3 is 2.48 bits per heavy atom. The number of H-pyrrole nitrogens is 1. The van der Waals surface area contributed by atoms with Crippen LogP contribution in [0.25, 0.3) is 28.1 Å². The maximum Gasteiger partial charge on any atom is 0.328 e. The zero-order chi connectivity index (χ0) is 23.4. The molecule has 0 atom stereocenters. The second-order valence-corrected chi connectivity index (χ2v) is 8.05. The number of allylic oxidation sites excluding steroid dienone is 1. The van der Waals surface area contributed by atoms with Crippen LogP contribution >= 0.6 is 11.6 Å². The summed E-state index contributed by atoms with van der Waals surface area (Å²) in [5.41, 5.74) is 7.05. The molecule has 0 aliphatic heterocycles. The molecule has 33 heavy (non-hydrogen) atoms. The van der Waals surface area contributed by atoms with Gasteiger partial charge in [0.25, 0.3) is 0 Å². The molecule has 2 N–H and O–H groups in total. The number of hydrogen-bond donors (Lipinski definition) is 2. The maximum absolute atomic E-state index is 10.9. The molecule has 5 heteroatoms. The summed E-state index contributed by atoms with van der Waals surface area (Å²) in [6, 6.07) is 23.9. The molecule has 1 aromatic heterocycles. The van der Waals surface area contributed by atoms with E-state index in [1.54, 1.807) is 13.2 Å². The van der Waals surface area contributed by atoms with Crippen molar-refractivity contribution in [3.8, 4) is 5.75 Å². The summed E-state index contributed by atoms with van der Waals surface area (Å²) in [7, 11) is 1.65. The van der Waals surface area contributed by atoms with Crippen molar-refractivity contribution in [1.29, 1.82) is 0 Å². The van der Waals surface area contributed by atoms with E-state index >= 15 is 0 Å². The number of halogens is 1. The molecule has 166 valence electrons. The first-order valence-electron chi connectivity index (χ1n) is 10.7. The lowest BCUT2D eigenvalue weighted by atomic mass is 9.90. The first kappa shape index (κ1) is 22.4. The van der Waals surface area contributed by atoms with Crippen LogP contribution in [0.2, 0.25) is 5.02 Å². The zero-order valence-corrected chi connectivity index (χ0v) is 19.2. The van der Waals surface area contributed by atoms with Gasteiger partial charge >= 0.3 is 5.97 Å². The summed E-state index contributed by atoms with van der Waals surface area (Å²) in [4.78, 5) is 14.4. The van der Waals surface area contributed by atoms with Gasteiger partial charge in [-0.15, -0.1) is 0 Å². The van der Waals surface area contributed by atoms with Crippen LogP contribution in [-0.4, -0.2) is 23.2 Å². The van der Waals surface area contributed by atoms with Crippen molar-refractivity contribution in [2.75, 3.05) is 7.11 Å². The van der Waals surface area contributed by atoms with Crippen LogP contribution in [0, 0.1) is 0 Å². The zero-order valence-electron chi connectivity index (χ0n) is 18.4. The minimum atomic E-state index is -0.971. The number of carbonyl (C=O) groups is 1. The third-order valence-electron chi connectivity index (χ3n) is 5.56. The number of hydrogen-bond acceptors (Lipinski definition) is 2. The van der Waals surface area contributed by atoms with Gasteiger partial charge in [0.15, 0.2) is 0 Å². The van der Waals surface area contributed by atoms with Crippen molar-refractivity contribution in [2.24, 2.45) is 0 Å². The highest BCUT2D eigenvalue weighted by molar-refractivity contribution is 6.30. The van der Waals surface area contributed by atoms with E-state index in [4.69, 9.17) is 21.4 Å². The van der Waals surface area contributed by atoms with Gasteiger partial charge in [-0.25, -0.2) is 4.79 Å². The SMILES string of the molecule is CC/C(=C(/c1ccc(/C=C/C(=O)O)cc1)c1cc2ccccc2[nH]1)c1ccc(Cl)cc1OC. The standard InChI is InChI=1S/C28H24ClNO3/c1-3-22(23-14-13-21(29)17-26(23)33-2)28(25-16-20-6-4-5-7-24(20)30-25)19-11-8-18(9-12-19)10-15-27(31)32/h4-17,30H,3H2,1-2H3,(H,31,32)/b15-10+,28-22+. The van der Waals surface area contributed by atoms with Crippen LogP contribution in [0.15, 0.2) is 78.9 Å². The van der Waals surface area contributed by atoms with Crippen molar-refractivity contribution in [1.82, 2.24) is 4.98 Å². The van der Waals surface area contributed by atoms with Crippen molar-refractivity contribution in [3.63, 3.8) is 0 Å². The smallest absolute Gasteiger partial charge is 0.328 e. The van der Waals surface area contributed by atoms with E-state index in [-0.39, 0.29) is 0 Å². The largest absolute Gasteiger partial charge is 0.496 e. The molecular weight excluding hydrogens is 434 g/mol. The lowest BCUT2D eigenvalue weighted by Gasteiger charge is -2.17. The van der Waals surface area contributed by atoms with Gasteiger partial charge in [0.05, 0.1) is 7.11 Å². The number of ether oxygens (including phenoxy) is 1. The van der Waals surface area contributed by atoms with Gasteiger partial charge in [-0.2, -0.15) is 0 Å². The predicted molar refractivity (Wildman–Crippen MR) is 136 cm³/mol. The fourth-order valence-electron chi connectivity index (χ4n) is 4.05. The average molecular weight is 458 g/mol. The number of aromatic nitrogens is 1. The molecule has 0 amide bonds. The van der Waals surface area contributed by atoms with Crippen molar-refractivity contribution < 1.29 is 14.6 Å². The van der Waals surface area contributed by atoms with E-state index in [9.17, 15) is 4.79 Å². The highest BCUT2D eigenvalue weighted by Gasteiger charge is 2.18. The molecule has 0 radical (unpaired) electrons. The monoisotopic (exact) mass is 457 g/mol. The molecule has 1 heterocycles. The van der Waals surface area contributed by atoms with Crippen LogP contribution in [0.1, 0.15) is 35.7 Å². The minimum absolute atomic E-state index is 0.618. The molecule has 3 aromatic carbocycles. The van der Waals surface area contributed by atoms with Gasteiger partial charge in [0, 0.05) is 38.8 Å². The molecular formula is C28H24ClNO3. The quantitative estimate of drug-likeness (QED) is 0.226. The number of methoxy groups -OCH3 is 1. The van der Waals surface area contributed by atoms with Gasteiger partial charge in [-0.05, 0) is 59.5 Å². The van der Waals surface area contributed by atoms with Crippen molar-refractivity contribution >= 4 is 45.7 Å². The van der Waals surface area contributed by atoms with Crippen LogP contribution < -0.4 is 4.74 Å². The summed E-state index contributed by atoms with van der Waals surface area (Å²) >= 11 is 6.23. The number of carboxylic acids is 1. The summed E-state index contributed by atoms with van der Waals surface area (Å²) in [5.74, 6) is -0.255. The number of benzene rings is 3. The third-order valence-corrected chi connectivity index (χ3v) is 5.80. The Morgan fingerprint density at radius 1 is 1.06 bits per heavy atom. The lowest BCUT2D eigenvalue weighted by molar-refractivity contribution is -0.131. The second kappa shape index (κ2) is 9.80. The van der Waals surface area contributed by atoms with E-state index < -0.39 is 5.97 Å². The van der Waals surface area contributed by atoms with Gasteiger partial charge in [0.2, 0.25) is 0 Å². The van der Waals surface area contributed by atoms with Gasteiger partial charge in [-0.3, -0.25) is 0 Å². The molecule has 0 bridgehead atoms. The number of aromatic amines is 1. The normalized spacial score (nSPS) is 12.2. The molecule has 4 nitrogen and oxygen atoms in total. The van der Waals surface area contributed by atoms with Crippen molar-refractivity contribution in [3.05, 3.63) is 106 Å². The number of carboxylic acid groups (broad SMARTS) is 1. The lowest BCUT2D eigenvalue weighted by Crippen LogP contribution is -1.98. The minimum Gasteiger partial charge on any atom is -0.496 e. The topological polar surface area (TPSA) is 62.3 Å². The predicted octanol–water partition coefficient (Wildman–Crippen LogP) is 7.30. The van der Waals surface area contributed by atoms with Gasteiger partial charge in [0.1, 0.15) is 5.75 Å². The third kappa shape index (κ3) is 4.86. The van der Waals surface area contributed by atoms with E-state index in [2.05, 4.69) is 30.1 Å². The number of nitrogens with one attached hydrogen (secondary N) is 1. The summed E-state index contributed by atoms with van der Waals surface area (Å²) in [6.45, 7) is 2.12. The van der Waals surface area contributed by atoms with E-state index in [0.717, 1.165) is 56.9 Å². The van der Waals surface area contributed by atoms with Crippen LogP contribution in [0.3, 0.4) is 0 Å². The number of para-hydroxylation sites is 1. The fraction of sp³-hybridized carbons (Fsp3) is 0.107. The van der Waals surface area contributed by atoms with E-state index in [1.807, 2.05) is 54.6 Å². The molecule has 0 spiro atoms. The summed E-state index contributed by atoms with van der Waals surface area (Å²) in [6.07, 6.45) is 3.49. The molecule has 0 unspecified atom stereocenters. The average Bonchev–Trinajstić information content (AvgIpc) is 3.25. The highest BCUT2D eigenvalue weighted by Crippen LogP contribution is 2.39. The Labute approximate surface area is 197 Å². The number of rotatable bonds is 7. The molecule has 0 fully saturated rings. The Bertz CT molecular complexity index is 1330. The second-order valence-electron chi connectivity index (χ2n) is 7.62. The molecule has 4 rings (SSSR count). The highest BCUT2D eigenvalue weighted by atomic mass is 35.5. The molecule has 0 saturated heterocycles. The van der Waals surface area contributed by atoms with Crippen LogP contribution in [-0.2, 0) is 4.79 Å². The first-order chi connectivity index (χ1) is 16.0. The Balaban J connectivity index is 1.95. The molecule has 0 saturated carbocycles. The molecule has 4 aromatic rings. The summed E-state index contributed by atoms with van der Waals surface area (Å²) < 4.78 is 5.67. The Hall–Kier alpha value is -3.76. The Kier molecular flexibility index (Phi) is 6.66. The van der Waals surface area contributed by atoms with Crippen LogP contribution in [0.5, 0.6) is 5.75 Å². The van der Waals surface area contributed by atoms with Gasteiger partial charge in [-0.1, -0.05) is 61.0 Å². The first-order valence-corrected chi connectivity index (χ1v) is 11.0. The van der Waals surface area contributed by atoms with E-state index in [1.165, 1.54) is 0 Å². The fourth-order valence-corrected chi connectivity index (χ4v) is 4.21. The number of fused-ring (bicyclic) bond motifs is 1. The van der Waals surface area contributed by atoms with E-state index in [0.29, 0.717) is 10.8 Å². The number of aliphatic carboxylic acids is 1. The molecule has 0 aliphatic rings. The van der Waals surface area contributed by atoms with Gasteiger partial charge < -0.3 is 14.8 Å². The van der Waals surface area contributed by atoms with Crippen molar-refractivity contribution in [2.45, 2.75) is 13.3 Å². The maximum atomic E-state index is 10.9.